The third kappa shape index (κ3) is 10.4. The molecule has 4 aromatic heterocycles. The quantitative estimate of drug-likeness (QED) is 0.0486. The molecule has 0 fully saturated rings. The Labute approximate surface area is 315 Å². The number of aryl methyl sites for hydroxylation is 2. The predicted octanol–water partition coefficient (Wildman–Crippen LogP) is 12.8. The number of ether oxygens (including phenoxy) is 2. The summed E-state index contributed by atoms with van der Waals surface area (Å²) in [7, 11) is 0. The first-order valence-electron chi connectivity index (χ1n) is 19.1. The van der Waals surface area contributed by atoms with E-state index in [1.54, 1.807) is 0 Å². The van der Waals surface area contributed by atoms with Crippen molar-refractivity contribution >= 4 is 71.9 Å². The summed E-state index contributed by atoms with van der Waals surface area (Å²) >= 11 is 4.26. The molecule has 2 atom stereocenters. The van der Waals surface area contributed by atoms with Gasteiger partial charge >= 0.3 is 318 Å². The minimum atomic E-state index is 0.263. The van der Waals surface area contributed by atoms with E-state index in [0.29, 0.717) is 11.8 Å². The summed E-state index contributed by atoms with van der Waals surface area (Å²) in [6, 6.07) is 4.76. The third-order valence-electron chi connectivity index (χ3n) is 9.76. The molecule has 4 heterocycles. The van der Waals surface area contributed by atoms with Crippen LogP contribution in [0.3, 0.4) is 0 Å². The monoisotopic (exact) mass is 834 g/mol. The molecule has 0 saturated heterocycles. The Morgan fingerprint density at radius 3 is 1.65 bits per heavy atom. The van der Waals surface area contributed by atoms with E-state index in [0.717, 1.165) is 49.7 Å². The zero-order valence-electron chi connectivity index (χ0n) is 30.8. The van der Waals surface area contributed by atoms with Crippen molar-refractivity contribution in [2.75, 3.05) is 13.2 Å². The van der Waals surface area contributed by atoms with Crippen molar-refractivity contribution in [3.63, 3.8) is 0 Å². The molecule has 0 radical (unpaired) electrons. The van der Waals surface area contributed by atoms with Gasteiger partial charge in [-0.25, -0.2) is 0 Å². The maximum atomic E-state index is 6.99. The van der Waals surface area contributed by atoms with Gasteiger partial charge in [-0.3, -0.25) is 0 Å². The van der Waals surface area contributed by atoms with E-state index in [2.05, 4.69) is 63.6 Å². The molecule has 0 N–H and O–H groups in total. The van der Waals surface area contributed by atoms with Gasteiger partial charge in [-0.2, -0.15) is 0 Å². The average molecular weight is 833 g/mol. The Bertz CT molecular complexity index is 1640. The SMILES string of the molecule is CCCCCCCCc1c[se]c(-c2cc3c(OCC(CC)CCCC)c4sc(-c5nc(C)c[se]5)cc4c(OCC(CC)CCCC)c3s2)n1. The van der Waals surface area contributed by atoms with Gasteiger partial charge in [0.05, 0.1) is 0 Å². The maximum absolute atomic E-state index is 6.99. The van der Waals surface area contributed by atoms with Gasteiger partial charge in [-0.1, -0.05) is 0 Å². The fraction of sp³-hybridized carbons (Fsp3) is 0.610. The van der Waals surface area contributed by atoms with Crippen LogP contribution < -0.4 is 9.47 Å². The molecule has 8 heteroatoms. The minimum absolute atomic E-state index is 0.263. The van der Waals surface area contributed by atoms with Gasteiger partial charge in [-0.15, -0.1) is 0 Å². The molecule has 5 aromatic rings. The van der Waals surface area contributed by atoms with Gasteiger partial charge in [0.25, 0.3) is 0 Å². The molecule has 268 valence electrons. The topological polar surface area (TPSA) is 44.2 Å². The molecule has 0 amide bonds. The van der Waals surface area contributed by atoms with E-state index in [4.69, 9.17) is 19.4 Å². The molecule has 49 heavy (non-hydrogen) atoms. The van der Waals surface area contributed by atoms with Crippen LogP contribution in [0.1, 0.15) is 136 Å². The number of nitrogens with zero attached hydrogens (tertiary/aromatic N) is 2. The van der Waals surface area contributed by atoms with E-state index in [1.807, 2.05) is 22.7 Å². The number of benzene rings is 1. The summed E-state index contributed by atoms with van der Waals surface area (Å²) in [5.41, 5.74) is 2.44. The summed E-state index contributed by atoms with van der Waals surface area (Å²) < 4.78 is 18.9. The van der Waals surface area contributed by atoms with E-state index >= 15 is 0 Å². The van der Waals surface area contributed by atoms with Crippen molar-refractivity contribution < 1.29 is 9.47 Å². The van der Waals surface area contributed by atoms with Crippen molar-refractivity contribution in [1.82, 2.24) is 9.97 Å². The Kier molecular flexibility index (Phi) is 15.8. The molecule has 0 saturated carbocycles. The van der Waals surface area contributed by atoms with Gasteiger partial charge in [0.15, 0.2) is 0 Å². The van der Waals surface area contributed by atoms with Crippen molar-refractivity contribution in [2.24, 2.45) is 11.8 Å². The van der Waals surface area contributed by atoms with Gasteiger partial charge < -0.3 is 0 Å². The Morgan fingerprint density at radius 1 is 0.633 bits per heavy atom. The summed E-state index contributed by atoms with van der Waals surface area (Å²) in [6.45, 7) is 15.1. The predicted molar refractivity (Wildman–Crippen MR) is 217 cm³/mol. The third-order valence-corrected chi connectivity index (χ3v) is 16.6. The van der Waals surface area contributed by atoms with Crippen LogP contribution in [0.15, 0.2) is 22.0 Å². The van der Waals surface area contributed by atoms with Crippen molar-refractivity contribution in [1.29, 1.82) is 0 Å². The van der Waals surface area contributed by atoms with Crippen LogP contribution in [0.2, 0.25) is 0 Å². The van der Waals surface area contributed by atoms with Gasteiger partial charge in [0.1, 0.15) is 0 Å². The molecule has 5 rings (SSSR count). The molecule has 0 aliphatic carbocycles. The molecule has 1 aromatic carbocycles. The number of fused-ring (bicyclic) bond motifs is 2. The second kappa shape index (κ2) is 20.0. The number of unbranched alkanes of at least 4 members (excludes halogenated alkanes) is 7. The van der Waals surface area contributed by atoms with Gasteiger partial charge in [0.2, 0.25) is 0 Å². The molecule has 0 spiro atoms. The zero-order valence-corrected chi connectivity index (χ0v) is 35.9. The van der Waals surface area contributed by atoms with Crippen LogP contribution in [-0.2, 0) is 6.42 Å². The number of thiophene rings is 2. The Morgan fingerprint density at radius 2 is 1.14 bits per heavy atom. The fourth-order valence-corrected chi connectivity index (χ4v) is 12.7. The van der Waals surface area contributed by atoms with Crippen LogP contribution >= 0.6 is 22.7 Å². The van der Waals surface area contributed by atoms with E-state index < -0.39 is 0 Å². The molecule has 0 bridgehead atoms. The molecule has 0 aliphatic heterocycles. The Balaban J connectivity index is 1.56. The summed E-state index contributed by atoms with van der Waals surface area (Å²) in [5.74, 6) is 3.22. The molecule has 4 nitrogen and oxygen atoms in total. The van der Waals surface area contributed by atoms with E-state index in [9.17, 15) is 0 Å². The fourth-order valence-electron chi connectivity index (χ4n) is 6.49. The van der Waals surface area contributed by atoms with Crippen LogP contribution in [0.5, 0.6) is 11.5 Å². The first kappa shape index (κ1) is 38.8. The van der Waals surface area contributed by atoms with Crippen LogP contribution in [0.25, 0.3) is 39.1 Å². The zero-order chi connectivity index (χ0) is 34.6. The molecular weight excluding hydrogens is 775 g/mol. The number of aromatic nitrogens is 2. The van der Waals surface area contributed by atoms with E-state index in [-0.39, 0.29) is 29.0 Å². The first-order chi connectivity index (χ1) is 24.0. The molecule has 0 aliphatic rings. The van der Waals surface area contributed by atoms with Crippen molar-refractivity contribution in [2.45, 2.75) is 138 Å². The normalized spacial score (nSPS) is 13.1. The molecule has 2 unspecified atom stereocenters. The molecular formula is C41H58N2O2S2Se2. The van der Waals surface area contributed by atoms with Crippen molar-refractivity contribution in [3.8, 4) is 30.4 Å². The van der Waals surface area contributed by atoms with E-state index in [1.165, 1.54) is 122 Å². The second-order valence-electron chi connectivity index (χ2n) is 13.8. The van der Waals surface area contributed by atoms with Crippen LogP contribution in [-0.4, -0.2) is 52.2 Å². The first-order valence-corrected chi connectivity index (χ1v) is 24.5. The second-order valence-corrected chi connectivity index (χ2v) is 19.5. The summed E-state index contributed by atoms with van der Waals surface area (Å²) in [4.78, 5) is 17.5. The Hall–Kier alpha value is -1.40. The summed E-state index contributed by atoms with van der Waals surface area (Å²) in [6.07, 6.45) is 18.7. The van der Waals surface area contributed by atoms with Crippen LogP contribution in [0, 0.1) is 18.8 Å². The summed E-state index contributed by atoms with van der Waals surface area (Å²) in [5, 5.41) is 2.41. The van der Waals surface area contributed by atoms with Gasteiger partial charge in [-0.05, 0) is 0 Å². The number of hydrogen-bond donors (Lipinski definition) is 0. The van der Waals surface area contributed by atoms with Crippen LogP contribution in [0.4, 0.5) is 0 Å². The number of rotatable bonds is 23. The van der Waals surface area contributed by atoms with Crippen molar-refractivity contribution in [3.05, 3.63) is 33.4 Å². The number of hydrogen-bond acceptors (Lipinski definition) is 6. The van der Waals surface area contributed by atoms with Gasteiger partial charge in [0, 0.05) is 0 Å². The standard InChI is InChI=1S/C41H58N2O2S2Se2/c1-7-12-15-16-17-18-21-31-27-49-41(43-31)35-23-33-37(45-25-30(11-5)20-14-9-3)38-32(22-34(46-38)40-42-28(6)26-48-40)36(39(33)47-35)44-24-29(10-4)19-13-8-2/h22-23,26-27,29-30H,7-21,24-25H2,1-6H3. The average Bonchev–Trinajstić information content (AvgIpc) is 3.93.